The van der Waals surface area contributed by atoms with Crippen LogP contribution in [0.1, 0.15) is 10.4 Å². The predicted molar refractivity (Wildman–Crippen MR) is 110 cm³/mol. The zero-order valence-electron chi connectivity index (χ0n) is 15.9. The summed E-state index contributed by atoms with van der Waals surface area (Å²) in [7, 11) is 1.45. The zero-order valence-corrected chi connectivity index (χ0v) is 16.7. The third-order valence-electron chi connectivity index (χ3n) is 4.33. The van der Waals surface area contributed by atoms with Gasteiger partial charge in [0.2, 0.25) is 0 Å². The minimum Gasteiger partial charge on any atom is -0.386 e. The lowest BCUT2D eigenvalue weighted by Crippen LogP contribution is -2.15. The van der Waals surface area contributed by atoms with Gasteiger partial charge in [-0.15, -0.1) is 5.10 Å². The Hall–Kier alpha value is -3.85. The van der Waals surface area contributed by atoms with E-state index in [2.05, 4.69) is 15.4 Å². The van der Waals surface area contributed by atoms with E-state index < -0.39 is 28.9 Å². The number of anilines is 1. The third-order valence-corrected chi connectivity index (χ3v) is 4.54. The number of amides is 1. The monoisotopic (exact) mass is 442 g/mol. The Morgan fingerprint density at radius 2 is 1.71 bits per heavy atom. The van der Waals surface area contributed by atoms with E-state index in [0.717, 1.165) is 16.8 Å². The summed E-state index contributed by atoms with van der Waals surface area (Å²) < 4.78 is 33.6. The minimum atomic E-state index is -0.953. The minimum absolute atomic E-state index is 0.0204. The second-order valence-electron chi connectivity index (χ2n) is 6.48. The van der Waals surface area contributed by atoms with E-state index in [1.807, 2.05) is 0 Å². The van der Waals surface area contributed by atoms with Gasteiger partial charge in [0.1, 0.15) is 22.9 Å². The largest absolute Gasteiger partial charge is 0.437 e. The first-order valence-corrected chi connectivity index (χ1v) is 9.27. The highest BCUT2D eigenvalue weighted by Crippen LogP contribution is 2.27. The molecule has 1 amide bonds. The molecule has 2 aromatic heterocycles. The number of hydrogen-bond acceptors (Lipinski definition) is 5. The third kappa shape index (κ3) is 4.22. The van der Waals surface area contributed by atoms with Crippen molar-refractivity contribution in [3.8, 4) is 22.8 Å². The first-order chi connectivity index (χ1) is 14.8. The van der Waals surface area contributed by atoms with Gasteiger partial charge in [0.05, 0.1) is 5.69 Å². The molecule has 0 unspecified atom stereocenters. The SMILES string of the molecule is Cn1nc(-c2cc(Cl)cc(-c3ccc(NC(=O)c4c(F)cccc4F)cc3)n2)oc1=O. The standard InChI is InChI=1S/C21H13ClF2N4O3/c1-28-21(30)31-20(27-28)17-10-12(22)9-16(26-17)11-5-7-13(8-6-11)25-19(29)18-14(23)3-2-4-15(18)24/h2-10H,1H3,(H,25,29). The molecule has 0 radical (unpaired) electrons. The van der Waals surface area contributed by atoms with Gasteiger partial charge < -0.3 is 9.73 Å². The van der Waals surface area contributed by atoms with E-state index in [-0.39, 0.29) is 11.6 Å². The van der Waals surface area contributed by atoms with E-state index in [1.165, 1.54) is 19.2 Å². The number of benzene rings is 2. The molecular formula is C21H13ClF2N4O3. The highest BCUT2D eigenvalue weighted by atomic mass is 35.5. The van der Waals surface area contributed by atoms with Gasteiger partial charge >= 0.3 is 5.76 Å². The Balaban J connectivity index is 1.60. The number of carbonyl (C=O) groups is 1. The molecule has 0 spiro atoms. The highest BCUT2D eigenvalue weighted by Gasteiger charge is 2.17. The van der Waals surface area contributed by atoms with E-state index in [0.29, 0.717) is 22.0 Å². The van der Waals surface area contributed by atoms with Crippen molar-refractivity contribution in [2.45, 2.75) is 0 Å². The van der Waals surface area contributed by atoms with Gasteiger partial charge in [-0.1, -0.05) is 29.8 Å². The van der Waals surface area contributed by atoms with Gasteiger partial charge in [-0.2, -0.15) is 4.68 Å². The van der Waals surface area contributed by atoms with Crippen LogP contribution >= 0.6 is 11.6 Å². The van der Waals surface area contributed by atoms with Crippen LogP contribution < -0.4 is 11.1 Å². The lowest BCUT2D eigenvalue weighted by molar-refractivity contribution is 0.101. The second kappa shape index (κ2) is 8.11. The average molecular weight is 443 g/mol. The molecule has 0 bridgehead atoms. The number of aryl methyl sites for hydroxylation is 1. The zero-order chi connectivity index (χ0) is 22.1. The van der Waals surface area contributed by atoms with Crippen molar-refractivity contribution in [3.05, 3.63) is 87.4 Å². The Morgan fingerprint density at radius 3 is 2.32 bits per heavy atom. The van der Waals surface area contributed by atoms with Crippen LogP contribution in [0.15, 0.2) is 63.8 Å². The Bertz CT molecular complexity index is 1330. The van der Waals surface area contributed by atoms with Crippen LogP contribution in [-0.4, -0.2) is 20.7 Å². The van der Waals surface area contributed by atoms with Crippen molar-refractivity contribution < 1.29 is 18.0 Å². The average Bonchev–Trinajstić information content (AvgIpc) is 3.06. The molecule has 2 heterocycles. The molecule has 0 saturated carbocycles. The van der Waals surface area contributed by atoms with Crippen molar-refractivity contribution in [2.75, 3.05) is 5.32 Å². The number of rotatable bonds is 4. The summed E-state index contributed by atoms with van der Waals surface area (Å²) >= 11 is 6.17. The molecule has 31 heavy (non-hydrogen) atoms. The maximum Gasteiger partial charge on any atom is 0.437 e. The number of nitrogens with one attached hydrogen (secondary N) is 1. The van der Waals surface area contributed by atoms with Crippen LogP contribution in [0.5, 0.6) is 0 Å². The maximum atomic E-state index is 13.8. The highest BCUT2D eigenvalue weighted by molar-refractivity contribution is 6.31. The van der Waals surface area contributed by atoms with Crippen LogP contribution in [0.25, 0.3) is 22.8 Å². The first-order valence-electron chi connectivity index (χ1n) is 8.90. The van der Waals surface area contributed by atoms with Crippen LogP contribution in [-0.2, 0) is 7.05 Å². The van der Waals surface area contributed by atoms with Gasteiger partial charge in [-0.25, -0.2) is 18.6 Å². The maximum absolute atomic E-state index is 13.8. The van der Waals surface area contributed by atoms with Gasteiger partial charge in [0, 0.05) is 23.3 Å². The first kappa shape index (κ1) is 20.4. The van der Waals surface area contributed by atoms with E-state index in [9.17, 15) is 18.4 Å². The van der Waals surface area contributed by atoms with Gasteiger partial charge in [-0.05, 0) is 36.4 Å². The van der Waals surface area contributed by atoms with E-state index in [4.69, 9.17) is 16.0 Å². The van der Waals surface area contributed by atoms with Crippen molar-refractivity contribution in [1.82, 2.24) is 14.8 Å². The molecule has 0 aliphatic rings. The molecule has 7 nitrogen and oxygen atoms in total. The van der Waals surface area contributed by atoms with Crippen LogP contribution in [0.2, 0.25) is 5.02 Å². The molecule has 0 atom stereocenters. The van der Waals surface area contributed by atoms with Gasteiger partial charge in [-0.3, -0.25) is 4.79 Å². The van der Waals surface area contributed by atoms with E-state index >= 15 is 0 Å². The van der Waals surface area contributed by atoms with Crippen molar-refractivity contribution in [1.29, 1.82) is 0 Å². The number of nitrogens with zero attached hydrogens (tertiary/aromatic N) is 3. The molecule has 2 aromatic carbocycles. The fraction of sp³-hybridized carbons (Fsp3) is 0.0476. The molecular weight excluding hydrogens is 430 g/mol. The number of carbonyl (C=O) groups excluding carboxylic acids is 1. The molecule has 4 rings (SSSR count). The fourth-order valence-corrected chi connectivity index (χ4v) is 3.04. The van der Waals surface area contributed by atoms with Crippen molar-refractivity contribution in [3.63, 3.8) is 0 Å². The van der Waals surface area contributed by atoms with Gasteiger partial charge in [0.25, 0.3) is 11.8 Å². The molecule has 0 saturated heterocycles. The molecule has 156 valence electrons. The summed E-state index contributed by atoms with van der Waals surface area (Å²) in [4.78, 5) is 28.1. The number of halogens is 3. The lowest BCUT2D eigenvalue weighted by Gasteiger charge is -2.08. The summed E-state index contributed by atoms with van der Waals surface area (Å²) in [6.45, 7) is 0. The summed E-state index contributed by atoms with van der Waals surface area (Å²) in [5.41, 5.74) is 1.04. The lowest BCUT2D eigenvalue weighted by atomic mass is 10.1. The Kier molecular flexibility index (Phi) is 5.35. The molecule has 10 heteroatoms. The molecule has 0 aliphatic heterocycles. The van der Waals surface area contributed by atoms with Crippen molar-refractivity contribution in [2.24, 2.45) is 7.05 Å². The van der Waals surface area contributed by atoms with Crippen LogP contribution in [0, 0.1) is 11.6 Å². The summed E-state index contributed by atoms with van der Waals surface area (Å²) in [5.74, 6) is -3.43. The van der Waals surface area contributed by atoms with Crippen LogP contribution in [0.3, 0.4) is 0 Å². The smallest absolute Gasteiger partial charge is 0.386 e. The van der Waals surface area contributed by atoms with Crippen molar-refractivity contribution >= 4 is 23.2 Å². The number of hydrogen-bond donors (Lipinski definition) is 1. The number of pyridine rings is 1. The fourth-order valence-electron chi connectivity index (χ4n) is 2.84. The summed E-state index contributed by atoms with van der Waals surface area (Å²) in [6.07, 6.45) is 0. The summed E-state index contributed by atoms with van der Waals surface area (Å²) in [5, 5.41) is 6.75. The molecule has 0 aliphatic carbocycles. The Labute approximate surface area is 178 Å². The molecule has 1 N–H and O–H groups in total. The quantitative estimate of drug-likeness (QED) is 0.509. The second-order valence-corrected chi connectivity index (χ2v) is 6.92. The van der Waals surface area contributed by atoms with Gasteiger partial charge in [0.15, 0.2) is 0 Å². The Morgan fingerprint density at radius 1 is 1.06 bits per heavy atom. The van der Waals surface area contributed by atoms with Crippen LogP contribution in [0.4, 0.5) is 14.5 Å². The molecule has 4 aromatic rings. The topological polar surface area (TPSA) is 90.0 Å². The summed E-state index contributed by atoms with van der Waals surface area (Å²) in [6, 6.07) is 12.7. The predicted octanol–water partition coefficient (Wildman–Crippen LogP) is 4.29. The number of aromatic nitrogens is 3. The molecule has 0 fully saturated rings. The van der Waals surface area contributed by atoms with E-state index in [1.54, 1.807) is 30.3 Å². The normalized spacial score (nSPS) is 10.8.